The highest BCUT2D eigenvalue weighted by Gasteiger charge is 2.41. The minimum Gasteiger partial charge on any atom is -0.486 e. The van der Waals surface area contributed by atoms with Crippen molar-refractivity contribution in [1.29, 1.82) is 0 Å². The van der Waals surface area contributed by atoms with Crippen LogP contribution < -0.4 is 4.74 Å². The van der Waals surface area contributed by atoms with Gasteiger partial charge in [0.15, 0.2) is 0 Å². The number of hydrogen-bond donors (Lipinski definition) is 2. The smallest absolute Gasteiger partial charge is 0.243 e. The van der Waals surface area contributed by atoms with Crippen LogP contribution in [0.25, 0.3) is 10.9 Å². The Morgan fingerprint density at radius 3 is 2.79 bits per heavy atom. The number of sulfonamides is 1. The highest BCUT2D eigenvalue weighted by Crippen LogP contribution is 2.41. The van der Waals surface area contributed by atoms with Crippen LogP contribution in [0.3, 0.4) is 0 Å². The molecule has 2 N–H and O–H groups in total. The van der Waals surface area contributed by atoms with Crippen LogP contribution in [0.5, 0.6) is 5.75 Å². The SMILES string of the molecule is CCOCCN(C[C@@H](O)CN1CCC[C@@]2(CCc3c(ccc4[nH]ncc34)O2)C1)S(=O)(=O)c1c(C)cccc1C. The summed E-state index contributed by atoms with van der Waals surface area (Å²) in [5, 5.41) is 19.5. The fourth-order valence-corrected chi connectivity index (χ4v) is 8.12. The second kappa shape index (κ2) is 11.5. The molecule has 2 aliphatic rings. The molecule has 0 amide bonds. The molecule has 2 aromatic carbocycles. The molecule has 3 heterocycles. The average molecular weight is 557 g/mol. The number of aromatic nitrogens is 2. The molecule has 212 valence electrons. The predicted octanol–water partition coefficient (Wildman–Crippen LogP) is 3.43. The zero-order valence-electron chi connectivity index (χ0n) is 23.1. The molecule has 0 unspecified atom stereocenters. The molecule has 10 heteroatoms. The lowest BCUT2D eigenvalue weighted by Gasteiger charge is -2.46. The number of aliphatic hydroxyl groups excluding tert-OH is 1. The summed E-state index contributed by atoms with van der Waals surface area (Å²) in [4.78, 5) is 2.54. The Hall–Kier alpha value is -2.50. The van der Waals surface area contributed by atoms with Crippen molar-refractivity contribution in [3.63, 3.8) is 0 Å². The average Bonchev–Trinajstić information content (AvgIpc) is 3.37. The third-order valence-electron chi connectivity index (χ3n) is 8.05. The van der Waals surface area contributed by atoms with Crippen LogP contribution in [0.4, 0.5) is 0 Å². The predicted molar refractivity (Wildman–Crippen MR) is 151 cm³/mol. The number of H-pyrrole nitrogens is 1. The molecule has 2 atom stereocenters. The Kier molecular flexibility index (Phi) is 8.30. The van der Waals surface area contributed by atoms with Gasteiger partial charge in [-0.1, -0.05) is 18.2 Å². The number of benzene rings is 2. The quantitative estimate of drug-likeness (QED) is 0.369. The number of nitrogens with one attached hydrogen (secondary N) is 1. The summed E-state index contributed by atoms with van der Waals surface area (Å²) in [6.07, 6.45) is 4.76. The number of aliphatic hydroxyl groups is 1. The van der Waals surface area contributed by atoms with E-state index in [0.29, 0.717) is 35.7 Å². The maximum absolute atomic E-state index is 13.7. The van der Waals surface area contributed by atoms with Gasteiger partial charge in [0.1, 0.15) is 11.4 Å². The lowest BCUT2D eigenvalue weighted by Crippen LogP contribution is -2.55. The summed E-state index contributed by atoms with van der Waals surface area (Å²) in [6.45, 7) is 8.41. The Bertz CT molecular complexity index is 1390. The molecule has 0 radical (unpaired) electrons. The van der Waals surface area contributed by atoms with E-state index < -0.39 is 16.1 Å². The van der Waals surface area contributed by atoms with Crippen LogP contribution in [-0.2, 0) is 21.2 Å². The molecule has 0 saturated carbocycles. The highest BCUT2D eigenvalue weighted by atomic mass is 32.2. The lowest BCUT2D eigenvalue weighted by molar-refractivity contribution is -0.0362. The first-order valence-electron chi connectivity index (χ1n) is 13.9. The van der Waals surface area contributed by atoms with Crippen molar-refractivity contribution in [1.82, 2.24) is 19.4 Å². The van der Waals surface area contributed by atoms with Crippen LogP contribution in [-0.4, -0.2) is 90.6 Å². The molecule has 1 aromatic heterocycles. The lowest BCUT2D eigenvalue weighted by atomic mass is 9.83. The zero-order valence-corrected chi connectivity index (χ0v) is 24.0. The molecule has 2 aliphatic heterocycles. The fraction of sp³-hybridized carbons (Fsp3) is 0.552. The fourth-order valence-electron chi connectivity index (χ4n) is 6.23. The zero-order chi connectivity index (χ0) is 27.6. The normalized spacial score (nSPS) is 20.8. The van der Waals surface area contributed by atoms with E-state index in [1.54, 1.807) is 0 Å². The van der Waals surface area contributed by atoms with Crippen LogP contribution in [0.1, 0.15) is 42.9 Å². The number of piperidine rings is 1. The van der Waals surface area contributed by atoms with Crippen molar-refractivity contribution in [2.24, 2.45) is 0 Å². The molecule has 5 rings (SSSR count). The van der Waals surface area contributed by atoms with Gasteiger partial charge in [-0.05, 0) is 76.3 Å². The van der Waals surface area contributed by atoms with Crippen molar-refractivity contribution in [2.45, 2.75) is 63.1 Å². The monoisotopic (exact) mass is 556 g/mol. The summed E-state index contributed by atoms with van der Waals surface area (Å²) >= 11 is 0. The second-order valence-electron chi connectivity index (χ2n) is 10.9. The van der Waals surface area contributed by atoms with Gasteiger partial charge in [-0.2, -0.15) is 9.40 Å². The van der Waals surface area contributed by atoms with Gasteiger partial charge in [0, 0.05) is 43.7 Å². The summed E-state index contributed by atoms with van der Waals surface area (Å²) < 4.78 is 41.0. The Balaban J connectivity index is 1.28. The third-order valence-corrected chi connectivity index (χ3v) is 10.2. The maximum atomic E-state index is 13.7. The van der Waals surface area contributed by atoms with E-state index in [2.05, 4.69) is 15.1 Å². The van der Waals surface area contributed by atoms with Crippen molar-refractivity contribution >= 4 is 20.9 Å². The topological polar surface area (TPSA) is 108 Å². The van der Waals surface area contributed by atoms with Crippen molar-refractivity contribution in [3.8, 4) is 5.75 Å². The number of fused-ring (bicyclic) bond motifs is 3. The van der Waals surface area contributed by atoms with E-state index in [9.17, 15) is 13.5 Å². The van der Waals surface area contributed by atoms with Gasteiger partial charge in [0.05, 0.1) is 29.3 Å². The van der Waals surface area contributed by atoms with Gasteiger partial charge >= 0.3 is 0 Å². The molecule has 1 spiro atoms. The summed E-state index contributed by atoms with van der Waals surface area (Å²) in [7, 11) is -3.81. The van der Waals surface area contributed by atoms with Gasteiger partial charge in [0.2, 0.25) is 10.0 Å². The summed E-state index contributed by atoms with van der Waals surface area (Å²) in [6, 6.07) is 9.52. The largest absolute Gasteiger partial charge is 0.486 e. The van der Waals surface area contributed by atoms with Gasteiger partial charge < -0.3 is 14.6 Å². The van der Waals surface area contributed by atoms with E-state index in [-0.39, 0.29) is 25.3 Å². The minimum atomic E-state index is -3.81. The highest BCUT2D eigenvalue weighted by molar-refractivity contribution is 7.89. The van der Waals surface area contributed by atoms with E-state index in [1.165, 1.54) is 9.87 Å². The molecule has 0 bridgehead atoms. The number of likely N-dealkylation sites (tertiary alicyclic amines) is 1. The van der Waals surface area contributed by atoms with E-state index in [4.69, 9.17) is 9.47 Å². The van der Waals surface area contributed by atoms with Crippen LogP contribution in [0.2, 0.25) is 0 Å². The summed E-state index contributed by atoms with van der Waals surface area (Å²) in [5.41, 5.74) is 3.32. The third kappa shape index (κ3) is 5.85. The first-order chi connectivity index (χ1) is 18.7. The number of rotatable bonds is 10. The van der Waals surface area contributed by atoms with Gasteiger partial charge in [-0.3, -0.25) is 10.00 Å². The maximum Gasteiger partial charge on any atom is 0.243 e. The Morgan fingerprint density at radius 1 is 1.23 bits per heavy atom. The van der Waals surface area contributed by atoms with Crippen molar-refractivity contribution in [3.05, 3.63) is 53.2 Å². The molecule has 9 nitrogen and oxygen atoms in total. The number of nitrogens with zero attached hydrogens (tertiary/aromatic N) is 3. The molecule has 0 aliphatic carbocycles. The second-order valence-corrected chi connectivity index (χ2v) is 12.8. The van der Waals surface area contributed by atoms with Crippen LogP contribution in [0, 0.1) is 13.8 Å². The van der Waals surface area contributed by atoms with E-state index >= 15 is 0 Å². The number of β-amino-alcohol motifs (C(OH)–C–C–N with tert-alkyl or cyclic N) is 1. The van der Waals surface area contributed by atoms with Crippen molar-refractivity contribution in [2.75, 3.05) is 45.9 Å². The van der Waals surface area contributed by atoms with Crippen molar-refractivity contribution < 1.29 is 23.0 Å². The Morgan fingerprint density at radius 2 is 2.03 bits per heavy atom. The first kappa shape index (κ1) is 28.0. The van der Waals surface area contributed by atoms with Gasteiger partial charge in [-0.25, -0.2) is 8.42 Å². The van der Waals surface area contributed by atoms with Gasteiger partial charge in [-0.15, -0.1) is 0 Å². The number of hydrogen-bond acceptors (Lipinski definition) is 7. The minimum absolute atomic E-state index is 0.00877. The molecule has 1 saturated heterocycles. The molecule has 39 heavy (non-hydrogen) atoms. The number of ether oxygens (including phenoxy) is 2. The molecule has 1 fully saturated rings. The number of aromatic amines is 1. The Labute approximate surface area is 231 Å². The molecular formula is C29H40N4O5S. The molecule has 3 aromatic rings. The standard InChI is InChI=1S/C29H40N4O5S/c1-4-37-16-15-33(39(35,36)28-21(2)7-5-8-22(28)3)19-23(34)18-32-14-6-12-29(20-32)13-11-24-25-17-30-31-26(25)9-10-27(24)38-29/h5,7-10,17,23,34H,4,6,11-16,18-20H2,1-3H3,(H,30,31)/t23-,29+/m0/s1. The summed E-state index contributed by atoms with van der Waals surface area (Å²) in [5.74, 6) is 0.916. The van der Waals surface area contributed by atoms with Crippen LogP contribution in [0.15, 0.2) is 41.4 Å². The molecular weight excluding hydrogens is 516 g/mol. The number of aryl methyl sites for hydroxylation is 3. The van der Waals surface area contributed by atoms with E-state index in [1.807, 2.05) is 57.3 Å². The first-order valence-corrected chi connectivity index (χ1v) is 15.3. The van der Waals surface area contributed by atoms with Crippen LogP contribution >= 0.6 is 0 Å². The van der Waals surface area contributed by atoms with Gasteiger partial charge in [0.25, 0.3) is 0 Å². The van der Waals surface area contributed by atoms with E-state index in [0.717, 1.165) is 48.9 Å².